The van der Waals surface area contributed by atoms with Crippen molar-refractivity contribution in [1.29, 1.82) is 5.26 Å². The van der Waals surface area contributed by atoms with Crippen LogP contribution in [0.25, 0.3) is 0 Å². The molecule has 3 rings (SSSR count). The van der Waals surface area contributed by atoms with Gasteiger partial charge in [0.15, 0.2) is 5.69 Å². The fourth-order valence-electron chi connectivity index (χ4n) is 3.01. The number of carbonyl (C=O) groups is 1. The predicted octanol–water partition coefficient (Wildman–Crippen LogP) is 2.39. The Hall–Kier alpha value is -2.91. The minimum Gasteiger partial charge on any atom is -0.365 e. The Morgan fingerprint density at radius 3 is 2.84 bits per heavy atom. The molecule has 6 heteroatoms. The molecule has 1 aliphatic rings. The van der Waals surface area contributed by atoms with Gasteiger partial charge in [0.25, 0.3) is 5.91 Å². The molecule has 2 unspecified atom stereocenters. The van der Waals surface area contributed by atoms with Crippen molar-refractivity contribution < 1.29 is 4.79 Å². The van der Waals surface area contributed by atoms with Crippen molar-refractivity contribution in [3.05, 3.63) is 53.9 Å². The Balaban J connectivity index is 1.90. The number of nitriles is 1. The van der Waals surface area contributed by atoms with E-state index in [1.165, 1.54) is 0 Å². The zero-order chi connectivity index (χ0) is 17.8. The van der Waals surface area contributed by atoms with Crippen LogP contribution in [0.5, 0.6) is 0 Å². The number of amides is 1. The molecule has 1 aromatic heterocycles. The molecule has 2 N–H and O–H groups in total. The number of hydrogen-bond donors (Lipinski definition) is 2. The normalized spacial score (nSPS) is 20.0. The van der Waals surface area contributed by atoms with Gasteiger partial charge in [-0.15, -0.1) is 0 Å². The molecule has 1 amide bonds. The molecule has 6 nitrogen and oxygen atoms in total. The topological polar surface area (TPSA) is 81.1 Å². The van der Waals surface area contributed by atoms with E-state index in [9.17, 15) is 10.1 Å². The lowest BCUT2D eigenvalue weighted by Gasteiger charge is -2.40. The highest BCUT2D eigenvalue weighted by molar-refractivity contribution is 6.06. The first-order valence-corrected chi connectivity index (χ1v) is 8.36. The molecule has 0 radical (unpaired) electrons. The largest absolute Gasteiger partial charge is 0.365 e. The zero-order valence-corrected chi connectivity index (χ0v) is 14.4. The predicted molar refractivity (Wildman–Crippen MR) is 97.6 cm³/mol. The highest BCUT2D eigenvalue weighted by Crippen LogP contribution is 2.23. The van der Waals surface area contributed by atoms with E-state index < -0.39 is 0 Å². The van der Waals surface area contributed by atoms with E-state index in [-0.39, 0.29) is 17.6 Å². The van der Waals surface area contributed by atoms with Crippen molar-refractivity contribution in [2.75, 3.05) is 23.3 Å². The van der Waals surface area contributed by atoms with Crippen LogP contribution < -0.4 is 15.5 Å². The summed E-state index contributed by atoms with van der Waals surface area (Å²) in [4.78, 5) is 19.1. The third-order valence-electron chi connectivity index (χ3n) is 4.62. The van der Waals surface area contributed by atoms with Crippen LogP contribution in [0.2, 0.25) is 0 Å². The van der Waals surface area contributed by atoms with Crippen molar-refractivity contribution in [3.63, 3.8) is 0 Å². The van der Waals surface area contributed by atoms with Crippen LogP contribution in [0.4, 0.5) is 11.4 Å². The first-order chi connectivity index (χ1) is 12.1. The summed E-state index contributed by atoms with van der Waals surface area (Å²) in [6.45, 7) is 5.98. The Morgan fingerprint density at radius 1 is 1.36 bits per heavy atom. The number of benzene rings is 1. The summed E-state index contributed by atoms with van der Waals surface area (Å²) in [5.41, 5.74) is 1.97. The average Bonchev–Trinajstić information content (AvgIpc) is 2.64. The summed E-state index contributed by atoms with van der Waals surface area (Å²) in [6, 6.07) is 13.6. The monoisotopic (exact) mass is 335 g/mol. The lowest BCUT2D eigenvalue weighted by atomic mass is 10.1. The van der Waals surface area contributed by atoms with Crippen LogP contribution in [-0.2, 0) is 0 Å². The average molecular weight is 335 g/mol. The second-order valence-corrected chi connectivity index (χ2v) is 6.20. The van der Waals surface area contributed by atoms with Gasteiger partial charge in [-0.2, -0.15) is 5.26 Å². The number of piperazine rings is 1. The maximum atomic E-state index is 12.6. The molecule has 0 bridgehead atoms. The van der Waals surface area contributed by atoms with E-state index in [2.05, 4.69) is 34.4 Å². The van der Waals surface area contributed by atoms with Gasteiger partial charge in [-0.3, -0.25) is 4.79 Å². The maximum absolute atomic E-state index is 12.6. The van der Waals surface area contributed by atoms with Gasteiger partial charge in [-0.1, -0.05) is 18.2 Å². The van der Waals surface area contributed by atoms with E-state index in [4.69, 9.17) is 0 Å². The molecule has 2 heterocycles. The molecule has 1 aliphatic heterocycles. The first-order valence-electron chi connectivity index (χ1n) is 8.36. The fourth-order valence-corrected chi connectivity index (χ4v) is 3.01. The molecule has 1 fully saturated rings. The van der Waals surface area contributed by atoms with Crippen molar-refractivity contribution in [3.8, 4) is 6.07 Å². The summed E-state index contributed by atoms with van der Waals surface area (Å²) in [6.07, 6.45) is 1.67. The van der Waals surface area contributed by atoms with Crippen LogP contribution in [0, 0.1) is 11.3 Å². The highest BCUT2D eigenvalue weighted by Gasteiger charge is 2.26. The van der Waals surface area contributed by atoms with E-state index in [0.29, 0.717) is 17.3 Å². The van der Waals surface area contributed by atoms with Crippen LogP contribution in [-0.4, -0.2) is 36.1 Å². The van der Waals surface area contributed by atoms with Crippen molar-refractivity contribution in [2.45, 2.75) is 25.9 Å². The Morgan fingerprint density at radius 2 is 2.12 bits per heavy atom. The lowest BCUT2D eigenvalue weighted by Crippen LogP contribution is -2.55. The minimum atomic E-state index is -0.326. The van der Waals surface area contributed by atoms with Gasteiger partial charge in [0.1, 0.15) is 6.07 Å². The number of nitrogens with zero attached hydrogens (tertiary/aromatic N) is 3. The number of carbonyl (C=O) groups excluding carboxylic acids is 1. The third-order valence-corrected chi connectivity index (χ3v) is 4.62. The number of nitrogens with one attached hydrogen (secondary N) is 2. The van der Waals surface area contributed by atoms with Crippen molar-refractivity contribution in [2.24, 2.45) is 0 Å². The summed E-state index contributed by atoms with van der Waals surface area (Å²) in [5.74, 6) is -0.326. The molecular weight excluding hydrogens is 314 g/mol. The van der Waals surface area contributed by atoms with Crippen molar-refractivity contribution >= 4 is 17.3 Å². The van der Waals surface area contributed by atoms with Gasteiger partial charge in [0.05, 0.1) is 17.4 Å². The summed E-state index contributed by atoms with van der Waals surface area (Å²) >= 11 is 0. The Kier molecular flexibility index (Phi) is 4.96. The highest BCUT2D eigenvalue weighted by atomic mass is 16.1. The third kappa shape index (κ3) is 3.62. The fraction of sp³-hybridized carbons (Fsp3) is 0.316. The number of hydrogen-bond acceptors (Lipinski definition) is 5. The molecule has 0 saturated carbocycles. The van der Waals surface area contributed by atoms with Crippen LogP contribution in [0.15, 0.2) is 42.6 Å². The maximum Gasteiger partial charge on any atom is 0.258 e. The second kappa shape index (κ2) is 7.32. The number of rotatable bonds is 3. The number of para-hydroxylation sites is 1. The van der Waals surface area contributed by atoms with Gasteiger partial charge in [-0.05, 0) is 32.0 Å². The van der Waals surface area contributed by atoms with Crippen molar-refractivity contribution in [1.82, 2.24) is 10.3 Å². The molecule has 2 atom stereocenters. The van der Waals surface area contributed by atoms with E-state index in [1.807, 2.05) is 24.3 Å². The molecule has 1 saturated heterocycles. The van der Waals surface area contributed by atoms with Crippen LogP contribution in [0.3, 0.4) is 0 Å². The number of pyridine rings is 1. The van der Waals surface area contributed by atoms with Gasteiger partial charge in [-0.25, -0.2) is 4.98 Å². The lowest BCUT2D eigenvalue weighted by molar-refractivity contribution is 0.102. The number of anilines is 2. The van der Waals surface area contributed by atoms with Gasteiger partial charge in [0.2, 0.25) is 0 Å². The Labute approximate surface area is 147 Å². The van der Waals surface area contributed by atoms with Crippen LogP contribution >= 0.6 is 0 Å². The zero-order valence-electron chi connectivity index (χ0n) is 14.4. The van der Waals surface area contributed by atoms with Gasteiger partial charge < -0.3 is 15.5 Å². The molecular formula is C19H21N5O. The smallest absolute Gasteiger partial charge is 0.258 e. The molecule has 0 aliphatic carbocycles. The molecule has 0 spiro atoms. The summed E-state index contributed by atoms with van der Waals surface area (Å²) in [7, 11) is 0. The van der Waals surface area contributed by atoms with E-state index >= 15 is 0 Å². The molecule has 1 aromatic carbocycles. The SMILES string of the molecule is CC1NCCN(c2cnc(C#N)c(C(=O)Nc3ccccc3)c2)C1C. The molecule has 25 heavy (non-hydrogen) atoms. The molecule has 2 aromatic rings. The summed E-state index contributed by atoms with van der Waals surface area (Å²) in [5, 5.41) is 15.6. The number of aromatic nitrogens is 1. The second-order valence-electron chi connectivity index (χ2n) is 6.20. The standard InChI is InChI=1S/C19H21N5O/c1-13-14(2)24(9-8-21-13)16-10-17(18(11-20)22-12-16)19(25)23-15-6-4-3-5-7-15/h3-7,10,12-14,21H,8-9H2,1-2H3,(H,23,25). The van der Waals surface area contributed by atoms with E-state index in [1.54, 1.807) is 24.4 Å². The molecule has 128 valence electrons. The van der Waals surface area contributed by atoms with Gasteiger partial charge in [0, 0.05) is 30.9 Å². The Bertz CT molecular complexity index is 799. The quantitative estimate of drug-likeness (QED) is 0.900. The van der Waals surface area contributed by atoms with Crippen LogP contribution in [0.1, 0.15) is 29.9 Å². The minimum absolute atomic E-state index is 0.132. The van der Waals surface area contributed by atoms with E-state index in [0.717, 1.165) is 18.8 Å². The first kappa shape index (κ1) is 16.9. The summed E-state index contributed by atoms with van der Waals surface area (Å²) < 4.78 is 0. The van der Waals surface area contributed by atoms with Gasteiger partial charge >= 0.3 is 0 Å².